The highest BCUT2D eigenvalue weighted by Gasteiger charge is 2.24. The summed E-state index contributed by atoms with van der Waals surface area (Å²) in [6, 6.07) is 16.8. The minimum Gasteiger partial charge on any atom is -0.342 e. The average molecular weight is 398 g/mol. The molecule has 29 heavy (non-hydrogen) atoms. The van der Waals surface area contributed by atoms with Crippen molar-refractivity contribution in [3.63, 3.8) is 0 Å². The van der Waals surface area contributed by atoms with Gasteiger partial charge in [0.25, 0.3) is 0 Å². The molecule has 0 amide bonds. The standard InChI is InChI=1S/C25H30F2N2/c1-18(2)20(4)29(16-22-14-23(26)10-11-25(22)27)17-24-9-6-12-28(24)15-21-8-5-7-19(3)13-21/h5-14,18,20H,15-17H2,1-4H3/p+1/t20-/m0/s1. The molecule has 1 heterocycles. The summed E-state index contributed by atoms with van der Waals surface area (Å²) < 4.78 is 30.2. The van der Waals surface area contributed by atoms with E-state index in [9.17, 15) is 8.78 Å². The number of quaternary nitrogens is 1. The average Bonchev–Trinajstić information content (AvgIpc) is 3.10. The van der Waals surface area contributed by atoms with Gasteiger partial charge in [-0.2, -0.15) is 0 Å². The summed E-state index contributed by atoms with van der Waals surface area (Å²) in [5.74, 6) is -0.294. The van der Waals surface area contributed by atoms with Crippen LogP contribution in [0.15, 0.2) is 60.8 Å². The van der Waals surface area contributed by atoms with Crippen LogP contribution < -0.4 is 4.90 Å². The molecule has 2 aromatic carbocycles. The summed E-state index contributed by atoms with van der Waals surface area (Å²) in [5, 5.41) is 0. The molecule has 0 bridgehead atoms. The Morgan fingerprint density at radius 2 is 1.72 bits per heavy atom. The second-order valence-corrected chi connectivity index (χ2v) is 8.40. The van der Waals surface area contributed by atoms with Gasteiger partial charge in [-0.05, 0) is 49.7 Å². The summed E-state index contributed by atoms with van der Waals surface area (Å²) >= 11 is 0. The fraction of sp³-hybridized carbons (Fsp3) is 0.360. The molecule has 1 unspecified atom stereocenters. The van der Waals surface area contributed by atoms with E-state index in [1.54, 1.807) is 0 Å². The third kappa shape index (κ3) is 5.54. The number of nitrogens with one attached hydrogen (secondary N) is 1. The Labute approximate surface area is 172 Å². The van der Waals surface area contributed by atoms with Gasteiger partial charge in [0, 0.05) is 24.2 Å². The van der Waals surface area contributed by atoms with Gasteiger partial charge in [-0.1, -0.05) is 43.7 Å². The lowest BCUT2D eigenvalue weighted by Gasteiger charge is -2.29. The SMILES string of the molecule is Cc1cccc(Cn2cccc2C[NH+](Cc2cc(F)ccc2F)[C@@H](C)C(C)C)c1. The Bertz CT molecular complexity index is 946. The van der Waals surface area contributed by atoms with E-state index in [0.29, 0.717) is 24.1 Å². The minimum absolute atomic E-state index is 0.306. The molecule has 2 atom stereocenters. The van der Waals surface area contributed by atoms with E-state index in [2.05, 4.69) is 74.9 Å². The lowest BCUT2D eigenvalue weighted by atomic mass is 10.0. The van der Waals surface area contributed by atoms with Gasteiger partial charge in [-0.25, -0.2) is 8.78 Å². The lowest BCUT2D eigenvalue weighted by Crippen LogP contribution is -3.13. The highest BCUT2D eigenvalue weighted by molar-refractivity contribution is 5.23. The molecule has 0 fully saturated rings. The zero-order chi connectivity index (χ0) is 21.0. The summed E-state index contributed by atoms with van der Waals surface area (Å²) in [4.78, 5) is 1.23. The molecule has 1 N–H and O–H groups in total. The second kappa shape index (κ2) is 9.36. The van der Waals surface area contributed by atoms with Crippen molar-refractivity contribution < 1.29 is 13.7 Å². The quantitative estimate of drug-likeness (QED) is 0.562. The third-order valence-corrected chi connectivity index (χ3v) is 5.84. The molecular weight excluding hydrogens is 366 g/mol. The van der Waals surface area contributed by atoms with Crippen molar-refractivity contribution in [2.45, 2.75) is 53.4 Å². The Morgan fingerprint density at radius 3 is 2.45 bits per heavy atom. The van der Waals surface area contributed by atoms with Crippen molar-refractivity contribution in [3.05, 3.63) is 94.8 Å². The summed E-state index contributed by atoms with van der Waals surface area (Å²) in [6.45, 7) is 10.7. The minimum atomic E-state index is -0.388. The maximum Gasteiger partial charge on any atom is 0.132 e. The molecule has 0 aliphatic carbocycles. The number of benzene rings is 2. The Balaban J connectivity index is 1.83. The third-order valence-electron chi connectivity index (χ3n) is 5.84. The van der Waals surface area contributed by atoms with Gasteiger partial charge in [0.2, 0.25) is 0 Å². The number of aromatic nitrogens is 1. The Hall–Kier alpha value is -2.46. The summed E-state index contributed by atoms with van der Waals surface area (Å²) in [6.07, 6.45) is 2.10. The number of rotatable bonds is 8. The molecule has 3 rings (SSSR count). The molecule has 0 saturated heterocycles. The van der Waals surface area contributed by atoms with Crippen LogP contribution in [-0.4, -0.2) is 10.6 Å². The van der Waals surface area contributed by atoms with E-state index in [4.69, 9.17) is 0 Å². The van der Waals surface area contributed by atoms with Crippen LogP contribution in [0.5, 0.6) is 0 Å². The monoisotopic (exact) mass is 397 g/mol. The molecule has 0 radical (unpaired) electrons. The van der Waals surface area contributed by atoms with Crippen LogP contribution in [0.4, 0.5) is 8.78 Å². The molecule has 0 spiro atoms. The van der Waals surface area contributed by atoms with Crippen LogP contribution in [0, 0.1) is 24.5 Å². The van der Waals surface area contributed by atoms with E-state index in [-0.39, 0.29) is 11.6 Å². The zero-order valence-corrected chi connectivity index (χ0v) is 17.8. The van der Waals surface area contributed by atoms with Gasteiger partial charge in [0.05, 0.1) is 11.7 Å². The molecule has 4 heteroatoms. The summed E-state index contributed by atoms with van der Waals surface area (Å²) in [5.41, 5.74) is 4.14. The molecule has 154 valence electrons. The van der Waals surface area contributed by atoms with Crippen LogP contribution in [0.25, 0.3) is 0 Å². The molecular formula is C25H31F2N2+. The first-order valence-electron chi connectivity index (χ1n) is 10.3. The normalized spacial score (nSPS) is 13.6. The smallest absolute Gasteiger partial charge is 0.132 e. The van der Waals surface area contributed by atoms with Crippen LogP contribution in [-0.2, 0) is 19.6 Å². The van der Waals surface area contributed by atoms with E-state index < -0.39 is 0 Å². The molecule has 1 aromatic heterocycles. The van der Waals surface area contributed by atoms with Crippen molar-refractivity contribution in [1.82, 2.24) is 4.57 Å². The van der Waals surface area contributed by atoms with E-state index in [0.717, 1.165) is 13.1 Å². The molecule has 0 saturated carbocycles. The largest absolute Gasteiger partial charge is 0.342 e. The van der Waals surface area contributed by atoms with E-state index in [1.807, 2.05) is 0 Å². The maximum atomic E-state index is 14.3. The predicted octanol–water partition coefficient (Wildman–Crippen LogP) is 4.75. The number of nitrogens with zero attached hydrogens (tertiary/aromatic N) is 1. The predicted molar refractivity (Wildman–Crippen MR) is 114 cm³/mol. The van der Waals surface area contributed by atoms with Gasteiger partial charge < -0.3 is 9.47 Å². The van der Waals surface area contributed by atoms with Crippen LogP contribution in [0.2, 0.25) is 0 Å². The molecule has 3 aromatic rings. The maximum absolute atomic E-state index is 14.3. The highest BCUT2D eigenvalue weighted by Crippen LogP contribution is 2.12. The van der Waals surface area contributed by atoms with Crippen molar-refractivity contribution in [1.29, 1.82) is 0 Å². The zero-order valence-electron chi connectivity index (χ0n) is 17.8. The number of aryl methyl sites for hydroxylation is 1. The topological polar surface area (TPSA) is 9.37 Å². The van der Waals surface area contributed by atoms with Gasteiger partial charge in [0.15, 0.2) is 0 Å². The molecule has 0 aliphatic heterocycles. The van der Waals surface area contributed by atoms with Gasteiger partial charge in [0.1, 0.15) is 24.7 Å². The van der Waals surface area contributed by atoms with Gasteiger partial charge in [-0.3, -0.25) is 0 Å². The first-order valence-corrected chi connectivity index (χ1v) is 10.3. The van der Waals surface area contributed by atoms with Gasteiger partial charge in [-0.15, -0.1) is 0 Å². The lowest BCUT2D eigenvalue weighted by molar-refractivity contribution is -0.954. The Morgan fingerprint density at radius 1 is 0.931 bits per heavy atom. The van der Waals surface area contributed by atoms with Crippen LogP contribution in [0.1, 0.15) is 43.2 Å². The Kier molecular flexibility index (Phi) is 6.86. The van der Waals surface area contributed by atoms with Crippen molar-refractivity contribution >= 4 is 0 Å². The number of hydrogen-bond donors (Lipinski definition) is 1. The fourth-order valence-electron chi connectivity index (χ4n) is 3.78. The molecule has 0 aliphatic rings. The van der Waals surface area contributed by atoms with Gasteiger partial charge >= 0.3 is 0 Å². The van der Waals surface area contributed by atoms with Crippen LogP contribution in [0.3, 0.4) is 0 Å². The molecule has 2 nitrogen and oxygen atoms in total. The van der Waals surface area contributed by atoms with E-state index in [1.165, 1.54) is 39.9 Å². The number of hydrogen-bond acceptors (Lipinski definition) is 0. The highest BCUT2D eigenvalue weighted by atomic mass is 19.1. The van der Waals surface area contributed by atoms with Crippen molar-refractivity contribution in [2.75, 3.05) is 0 Å². The second-order valence-electron chi connectivity index (χ2n) is 8.40. The first kappa shape index (κ1) is 21.3. The first-order chi connectivity index (χ1) is 13.8. The van der Waals surface area contributed by atoms with Crippen LogP contribution >= 0.6 is 0 Å². The fourth-order valence-corrected chi connectivity index (χ4v) is 3.78. The number of halogens is 2. The van der Waals surface area contributed by atoms with Crippen molar-refractivity contribution in [2.24, 2.45) is 5.92 Å². The van der Waals surface area contributed by atoms with Crippen molar-refractivity contribution in [3.8, 4) is 0 Å². The summed E-state index contributed by atoms with van der Waals surface area (Å²) in [7, 11) is 0. The van der Waals surface area contributed by atoms with E-state index >= 15 is 0 Å².